The molecule has 148 valence electrons. The van der Waals surface area contributed by atoms with Gasteiger partial charge in [-0.2, -0.15) is 0 Å². The van der Waals surface area contributed by atoms with Gasteiger partial charge in [-0.25, -0.2) is 0 Å². The first-order chi connectivity index (χ1) is 13.7. The number of nitrogens with one attached hydrogen (secondary N) is 1. The maximum atomic E-state index is 12.6. The molecule has 4 heteroatoms. The number of ether oxygens (including phenoxy) is 1. The highest BCUT2D eigenvalue weighted by Gasteiger charge is 2.24. The van der Waals surface area contributed by atoms with Crippen molar-refractivity contribution in [2.75, 3.05) is 26.2 Å². The van der Waals surface area contributed by atoms with Crippen molar-refractivity contribution in [3.63, 3.8) is 0 Å². The van der Waals surface area contributed by atoms with Gasteiger partial charge in [0.25, 0.3) is 0 Å². The Labute approximate surface area is 167 Å². The van der Waals surface area contributed by atoms with Crippen LogP contribution in [-0.2, 0) is 22.4 Å². The topological polar surface area (TPSA) is 41.6 Å². The Morgan fingerprint density at radius 3 is 2.75 bits per heavy atom. The molecule has 28 heavy (non-hydrogen) atoms. The van der Waals surface area contributed by atoms with E-state index in [1.54, 1.807) is 0 Å². The van der Waals surface area contributed by atoms with Gasteiger partial charge in [-0.3, -0.25) is 9.69 Å². The molecular weight excluding hydrogens is 348 g/mol. The first kappa shape index (κ1) is 19.2. The van der Waals surface area contributed by atoms with E-state index in [-0.39, 0.29) is 18.1 Å². The molecule has 0 bridgehead atoms. The number of hydrogen-bond acceptors (Lipinski definition) is 3. The second-order valence-electron chi connectivity index (χ2n) is 8.03. The number of carbonyl (C=O) groups is 1. The smallest absolute Gasteiger partial charge is 0.234 e. The summed E-state index contributed by atoms with van der Waals surface area (Å²) in [7, 11) is 0. The SMILES string of the molecule is CC(NC(=O)CN1CCOC(c2ccccc2)C1)c1ccc2c(c1)CCCC2. The average molecular weight is 379 g/mol. The highest BCUT2D eigenvalue weighted by molar-refractivity contribution is 5.78. The van der Waals surface area contributed by atoms with Gasteiger partial charge in [-0.1, -0.05) is 48.5 Å². The van der Waals surface area contributed by atoms with E-state index in [1.165, 1.54) is 47.9 Å². The molecule has 2 aliphatic rings. The number of fused-ring (bicyclic) bond motifs is 1. The van der Waals surface area contributed by atoms with Gasteiger partial charge in [0.15, 0.2) is 0 Å². The molecule has 1 saturated heterocycles. The number of morpholine rings is 1. The minimum absolute atomic E-state index is 0.0330. The second-order valence-corrected chi connectivity index (χ2v) is 8.03. The molecule has 0 aromatic heterocycles. The van der Waals surface area contributed by atoms with Crippen LogP contribution in [0.4, 0.5) is 0 Å². The molecule has 4 rings (SSSR count). The maximum Gasteiger partial charge on any atom is 0.234 e. The molecule has 1 aliphatic carbocycles. The van der Waals surface area contributed by atoms with E-state index in [4.69, 9.17) is 4.74 Å². The molecule has 0 spiro atoms. The predicted octanol–water partition coefficient (Wildman–Crippen LogP) is 3.82. The number of amides is 1. The van der Waals surface area contributed by atoms with E-state index in [9.17, 15) is 4.79 Å². The molecule has 2 aromatic rings. The molecule has 1 aliphatic heterocycles. The number of carbonyl (C=O) groups excluding carboxylic acids is 1. The van der Waals surface area contributed by atoms with Crippen LogP contribution in [0.5, 0.6) is 0 Å². The molecule has 2 unspecified atom stereocenters. The van der Waals surface area contributed by atoms with Crippen molar-refractivity contribution in [3.8, 4) is 0 Å². The number of nitrogens with zero attached hydrogens (tertiary/aromatic N) is 1. The van der Waals surface area contributed by atoms with Gasteiger partial charge in [0, 0.05) is 13.1 Å². The number of rotatable bonds is 5. The Morgan fingerprint density at radius 1 is 1.14 bits per heavy atom. The Bertz CT molecular complexity index is 806. The van der Waals surface area contributed by atoms with Crippen LogP contribution in [0.2, 0.25) is 0 Å². The summed E-state index contributed by atoms with van der Waals surface area (Å²) < 4.78 is 5.91. The molecule has 2 atom stereocenters. The largest absolute Gasteiger partial charge is 0.371 e. The lowest BCUT2D eigenvalue weighted by molar-refractivity contribution is -0.125. The van der Waals surface area contributed by atoms with Crippen LogP contribution < -0.4 is 5.32 Å². The predicted molar refractivity (Wildman–Crippen MR) is 111 cm³/mol. The molecule has 1 fully saturated rings. The zero-order chi connectivity index (χ0) is 19.3. The standard InChI is InChI=1S/C24H30N2O2/c1-18(21-12-11-19-7-5-6-10-22(19)15-21)25-24(27)17-26-13-14-28-23(16-26)20-8-3-2-4-9-20/h2-4,8-9,11-12,15,18,23H,5-7,10,13-14,16-17H2,1H3,(H,25,27). The summed E-state index contributed by atoms with van der Waals surface area (Å²) in [5.41, 5.74) is 5.32. The molecule has 1 heterocycles. The summed E-state index contributed by atoms with van der Waals surface area (Å²) in [6, 6.07) is 17.0. The van der Waals surface area contributed by atoms with Gasteiger partial charge >= 0.3 is 0 Å². The number of benzene rings is 2. The zero-order valence-electron chi connectivity index (χ0n) is 16.7. The van der Waals surface area contributed by atoms with Crippen LogP contribution in [0.3, 0.4) is 0 Å². The Morgan fingerprint density at radius 2 is 1.93 bits per heavy atom. The third-order valence-electron chi connectivity index (χ3n) is 5.94. The normalized spacial score (nSPS) is 21.0. The van der Waals surface area contributed by atoms with E-state index >= 15 is 0 Å². The van der Waals surface area contributed by atoms with Crippen LogP contribution in [0.15, 0.2) is 48.5 Å². The minimum atomic E-state index is 0.0330. The van der Waals surface area contributed by atoms with Crippen LogP contribution in [0.1, 0.15) is 54.2 Å². The Kier molecular flexibility index (Phi) is 6.08. The van der Waals surface area contributed by atoms with Gasteiger partial charge in [0.05, 0.1) is 25.3 Å². The third kappa shape index (κ3) is 4.62. The third-order valence-corrected chi connectivity index (χ3v) is 5.94. The van der Waals surface area contributed by atoms with Crippen LogP contribution in [-0.4, -0.2) is 37.0 Å². The fraction of sp³-hybridized carbons (Fsp3) is 0.458. The van der Waals surface area contributed by atoms with Crippen molar-refractivity contribution in [3.05, 3.63) is 70.8 Å². The van der Waals surface area contributed by atoms with Crippen molar-refractivity contribution in [2.24, 2.45) is 0 Å². The monoisotopic (exact) mass is 378 g/mol. The lowest BCUT2D eigenvalue weighted by Gasteiger charge is -2.33. The molecule has 0 saturated carbocycles. The summed E-state index contributed by atoms with van der Waals surface area (Å²) in [6.45, 7) is 4.71. The van der Waals surface area contributed by atoms with Gasteiger partial charge < -0.3 is 10.1 Å². The summed E-state index contributed by atoms with van der Waals surface area (Å²) >= 11 is 0. The average Bonchev–Trinajstić information content (AvgIpc) is 2.74. The first-order valence-electron chi connectivity index (χ1n) is 10.5. The minimum Gasteiger partial charge on any atom is -0.371 e. The molecule has 1 N–H and O–H groups in total. The maximum absolute atomic E-state index is 12.6. The highest BCUT2D eigenvalue weighted by Crippen LogP contribution is 2.25. The van der Waals surface area contributed by atoms with E-state index in [1.807, 2.05) is 18.2 Å². The summed E-state index contributed by atoms with van der Waals surface area (Å²) in [5, 5.41) is 3.18. The van der Waals surface area contributed by atoms with Crippen molar-refractivity contribution < 1.29 is 9.53 Å². The van der Waals surface area contributed by atoms with Crippen LogP contribution >= 0.6 is 0 Å². The van der Waals surface area contributed by atoms with Gasteiger partial charge in [0.1, 0.15) is 0 Å². The van der Waals surface area contributed by atoms with Crippen LogP contribution in [0.25, 0.3) is 0 Å². The number of hydrogen-bond donors (Lipinski definition) is 1. The second kappa shape index (κ2) is 8.89. The van der Waals surface area contributed by atoms with Crippen molar-refractivity contribution in [1.29, 1.82) is 0 Å². The Balaban J connectivity index is 1.32. The van der Waals surface area contributed by atoms with E-state index < -0.39 is 0 Å². The van der Waals surface area contributed by atoms with Crippen molar-refractivity contribution in [2.45, 2.75) is 44.8 Å². The fourth-order valence-corrected chi connectivity index (χ4v) is 4.31. The molecule has 4 nitrogen and oxygen atoms in total. The van der Waals surface area contributed by atoms with Gasteiger partial charge in [0.2, 0.25) is 5.91 Å². The molecule has 2 aromatic carbocycles. The van der Waals surface area contributed by atoms with Crippen molar-refractivity contribution >= 4 is 5.91 Å². The molecular formula is C24H30N2O2. The van der Waals surface area contributed by atoms with E-state index in [2.05, 4.69) is 47.5 Å². The lowest BCUT2D eigenvalue weighted by Crippen LogP contribution is -2.44. The first-order valence-corrected chi connectivity index (χ1v) is 10.5. The lowest BCUT2D eigenvalue weighted by atomic mass is 9.89. The van der Waals surface area contributed by atoms with E-state index in [0.717, 1.165) is 13.1 Å². The quantitative estimate of drug-likeness (QED) is 0.860. The van der Waals surface area contributed by atoms with Gasteiger partial charge in [-0.15, -0.1) is 0 Å². The summed E-state index contributed by atoms with van der Waals surface area (Å²) in [4.78, 5) is 14.8. The van der Waals surface area contributed by atoms with E-state index in [0.29, 0.717) is 13.2 Å². The van der Waals surface area contributed by atoms with Crippen molar-refractivity contribution in [1.82, 2.24) is 10.2 Å². The summed E-state index contributed by atoms with van der Waals surface area (Å²) in [6.07, 6.45) is 4.97. The summed E-state index contributed by atoms with van der Waals surface area (Å²) in [5.74, 6) is 0.0823. The molecule has 1 amide bonds. The van der Waals surface area contributed by atoms with Gasteiger partial charge in [-0.05, 0) is 54.9 Å². The zero-order valence-corrected chi connectivity index (χ0v) is 16.7. The van der Waals surface area contributed by atoms with Crippen LogP contribution in [0, 0.1) is 0 Å². The number of aryl methyl sites for hydroxylation is 2. The molecule has 0 radical (unpaired) electrons. The highest BCUT2D eigenvalue weighted by atomic mass is 16.5. The Hall–Kier alpha value is -2.17. The fourth-order valence-electron chi connectivity index (χ4n) is 4.31.